The zero-order valence-corrected chi connectivity index (χ0v) is 24.9. The molecule has 2 aromatic heterocycles. The number of fused-ring (bicyclic) bond motifs is 1. The number of benzene rings is 1. The van der Waals surface area contributed by atoms with Crippen molar-refractivity contribution in [2.45, 2.75) is 64.0 Å². The van der Waals surface area contributed by atoms with E-state index in [1.165, 1.54) is 19.1 Å². The van der Waals surface area contributed by atoms with Gasteiger partial charge in [0.05, 0.1) is 17.9 Å². The lowest BCUT2D eigenvalue weighted by atomic mass is 9.85. The van der Waals surface area contributed by atoms with Crippen LogP contribution in [-0.2, 0) is 14.6 Å². The van der Waals surface area contributed by atoms with Crippen LogP contribution in [0.15, 0.2) is 42.7 Å². The molecule has 0 radical (unpaired) electrons. The summed E-state index contributed by atoms with van der Waals surface area (Å²) in [5.41, 5.74) is 0.946. The number of anilines is 1. The Hall–Kier alpha value is -3.18. The van der Waals surface area contributed by atoms with Crippen LogP contribution in [-0.4, -0.2) is 84.1 Å². The van der Waals surface area contributed by atoms with Crippen LogP contribution in [0.4, 0.5) is 5.95 Å². The van der Waals surface area contributed by atoms with Crippen molar-refractivity contribution in [3.63, 3.8) is 0 Å². The summed E-state index contributed by atoms with van der Waals surface area (Å²) >= 11 is 0. The molecule has 1 saturated heterocycles. The van der Waals surface area contributed by atoms with E-state index >= 15 is 0 Å². The molecule has 3 heterocycles. The van der Waals surface area contributed by atoms with Crippen molar-refractivity contribution in [1.29, 1.82) is 0 Å². The van der Waals surface area contributed by atoms with Gasteiger partial charge in [0.1, 0.15) is 21.4 Å². The molecule has 1 saturated carbocycles. The highest BCUT2D eigenvalue weighted by molar-refractivity contribution is 7.90. The number of carbonyl (C=O) groups is 1. The van der Waals surface area contributed by atoms with Crippen LogP contribution >= 0.6 is 0 Å². The van der Waals surface area contributed by atoms with Crippen molar-refractivity contribution in [3.8, 4) is 11.6 Å². The Balaban J connectivity index is 1.15. The van der Waals surface area contributed by atoms with Crippen molar-refractivity contribution in [2.75, 3.05) is 43.6 Å². The summed E-state index contributed by atoms with van der Waals surface area (Å²) in [5.74, 6) is 2.41. The standard InChI is InChI=1S/C30H42N6O4S/c1-3-35-17-5-7-24(35)21-32-29(37)22-10-12-23(13-11-22)33-30-31-16-14-28(34-30)36-18-15-25-26(36)8-4-9-27(25)40-19-6-20-41(2,38)39/h4,8-9,14-16,18,22-24H,3,5-7,10-13,17,19-21H2,1-2H3,(H,32,37)(H,31,33,34)/t22-,23-,24-/m1/s1. The van der Waals surface area contributed by atoms with Crippen molar-refractivity contribution in [2.24, 2.45) is 5.92 Å². The first-order chi connectivity index (χ1) is 19.8. The average molecular weight is 583 g/mol. The second-order valence-electron chi connectivity index (χ2n) is 11.3. The van der Waals surface area contributed by atoms with E-state index in [4.69, 9.17) is 9.72 Å². The number of ether oxygens (including phenoxy) is 1. The molecule has 1 aliphatic carbocycles. The number of carbonyl (C=O) groups excluding carboxylic acids is 1. The third-order valence-corrected chi connectivity index (χ3v) is 9.38. The van der Waals surface area contributed by atoms with Gasteiger partial charge in [0.2, 0.25) is 11.9 Å². The molecule has 5 rings (SSSR count). The van der Waals surface area contributed by atoms with E-state index in [1.807, 2.05) is 41.1 Å². The van der Waals surface area contributed by atoms with Crippen LogP contribution in [0.5, 0.6) is 5.75 Å². The van der Waals surface area contributed by atoms with Gasteiger partial charge < -0.3 is 19.9 Å². The van der Waals surface area contributed by atoms with Gasteiger partial charge in [-0.2, -0.15) is 4.98 Å². The van der Waals surface area contributed by atoms with E-state index in [1.54, 1.807) is 6.20 Å². The molecule has 2 fully saturated rings. The maximum Gasteiger partial charge on any atom is 0.224 e. The first kappa shape index (κ1) is 29.3. The largest absolute Gasteiger partial charge is 0.493 e. The normalized spacial score (nSPS) is 21.7. The monoisotopic (exact) mass is 582 g/mol. The summed E-state index contributed by atoms with van der Waals surface area (Å²) in [5, 5.41) is 7.65. The quantitative estimate of drug-likeness (QED) is 0.310. The molecule has 3 aromatic rings. The van der Waals surface area contributed by atoms with Crippen LogP contribution in [0.1, 0.15) is 51.9 Å². The van der Waals surface area contributed by atoms with E-state index in [2.05, 4.69) is 27.4 Å². The van der Waals surface area contributed by atoms with E-state index in [-0.39, 0.29) is 23.6 Å². The summed E-state index contributed by atoms with van der Waals surface area (Å²) < 4.78 is 30.7. The van der Waals surface area contributed by atoms with Gasteiger partial charge in [-0.05, 0) is 82.3 Å². The molecular formula is C30H42N6O4S. The number of hydrogen-bond acceptors (Lipinski definition) is 8. The zero-order chi connectivity index (χ0) is 28.8. The summed E-state index contributed by atoms with van der Waals surface area (Å²) in [6, 6.07) is 10.4. The molecule has 41 heavy (non-hydrogen) atoms. The molecule has 1 atom stereocenters. The lowest BCUT2D eigenvalue weighted by Crippen LogP contribution is -2.43. The second kappa shape index (κ2) is 13.2. The van der Waals surface area contributed by atoms with E-state index in [9.17, 15) is 13.2 Å². The highest BCUT2D eigenvalue weighted by Crippen LogP contribution is 2.30. The summed E-state index contributed by atoms with van der Waals surface area (Å²) in [6.07, 6.45) is 11.3. The molecule has 1 aromatic carbocycles. The molecule has 0 spiro atoms. The Bertz CT molecular complexity index is 1430. The Morgan fingerprint density at radius 1 is 1.12 bits per heavy atom. The fourth-order valence-corrected chi connectivity index (χ4v) is 6.75. The molecule has 10 nitrogen and oxygen atoms in total. The van der Waals surface area contributed by atoms with Gasteiger partial charge in [0, 0.05) is 48.6 Å². The summed E-state index contributed by atoms with van der Waals surface area (Å²) in [4.78, 5) is 24.5. The number of hydrogen-bond donors (Lipinski definition) is 2. The maximum atomic E-state index is 12.8. The number of rotatable bonds is 12. The SMILES string of the molecule is CCN1CCC[C@@H]1CNC(=O)[C@H]1CC[C@H](Nc2nccc(-n3ccc4c(OCCCS(C)(=O)=O)cccc43)n2)CC1. The van der Waals surface area contributed by atoms with Gasteiger partial charge in [0.25, 0.3) is 0 Å². The maximum absolute atomic E-state index is 12.8. The number of likely N-dealkylation sites (tertiary alicyclic amines) is 1. The number of likely N-dealkylation sites (N-methyl/N-ethyl adjacent to an activating group) is 1. The van der Waals surface area contributed by atoms with Crippen LogP contribution in [0.3, 0.4) is 0 Å². The number of aromatic nitrogens is 3. The molecule has 0 unspecified atom stereocenters. The van der Waals surface area contributed by atoms with Crippen molar-refractivity contribution < 1.29 is 17.9 Å². The number of amides is 1. The number of nitrogens with one attached hydrogen (secondary N) is 2. The highest BCUT2D eigenvalue weighted by atomic mass is 32.2. The smallest absolute Gasteiger partial charge is 0.224 e. The number of sulfone groups is 1. The Morgan fingerprint density at radius 3 is 2.73 bits per heavy atom. The lowest BCUT2D eigenvalue weighted by molar-refractivity contribution is -0.126. The average Bonchev–Trinajstić information content (AvgIpc) is 3.61. The predicted octanol–water partition coefficient (Wildman–Crippen LogP) is 3.81. The Labute approximate surface area is 242 Å². The molecular weight excluding hydrogens is 540 g/mol. The zero-order valence-electron chi connectivity index (χ0n) is 24.1. The van der Waals surface area contributed by atoms with Crippen molar-refractivity contribution in [3.05, 3.63) is 42.7 Å². The van der Waals surface area contributed by atoms with Gasteiger partial charge in [0.15, 0.2) is 0 Å². The van der Waals surface area contributed by atoms with Gasteiger partial charge >= 0.3 is 0 Å². The second-order valence-corrected chi connectivity index (χ2v) is 13.6. The first-order valence-corrected chi connectivity index (χ1v) is 16.9. The molecule has 2 aliphatic rings. The Morgan fingerprint density at radius 2 is 1.95 bits per heavy atom. The van der Waals surface area contributed by atoms with Crippen molar-refractivity contribution >= 4 is 32.6 Å². The molecule has 1 amide bonds. The van der Waals surface area contributed by atoms with E-state index in [0.29, 0.717) is 30.8 Å². The minimum absolute atomic E-state index is 0.0748. The predicted molar refractivity (Wildman–Crippen MR) is 161 cm³/mol. The molecule has 2 N–H and O–H groups in total. The van der Waals surface area contributed by atoms with Gasteiger partial charge in [-0.15, -0.1) is 0 Å². The summed E-state index contributed by atoms with van der Waals surface area (Å²) in [6.45, 7) is 5.47. The van der Waals surface area contributed by atoms with E-state index < -0.39 is 9.84 Å². The lowest BCUT2D eigenvalue weighted by Gasteiger charge is -2.29. The number of nitrogens with zero attached hydrogens (tertiary/aromatic N) is 4. The van der Waals surface area contributed by atoms with E-state index in [0.717, 1.165) is 62.0 Å². The third-order valence-electron chi connectivity index (χ3n) is 8.35. The van der Waals surface area contributed by atoms with Crippen molar-refractivity contribution in [1.82, 2.24) is 24.8 Å². The summed E-state index contributed by atoms with van der Waals surface area (Å²) in [7, 11) is -3.01. The minimum atomic E-state index is -3.01. The van der Waals surface area contributed by atoms with Gasteiger partial charge in [-0.1, -0.05) is 13.0 Å². The van der Waals surface area contributed by atoms with Crippen LogP contribution in [0.2, 0.25) is 0 Å². The van der Waals surface area contributed by atoms with Gasteiger partial charge in [-0.3, -0.25) is 9.69 Å². The molecule has 0 bridgehead atoms. The van der Waals surface area contributed by atoms with Gasteiger partial charge in [-0.25, -0.2) is 13.4 Å². The fourth-order valence-electron chi connectivity index (χ4n) is 6.11. The van der Waals surface area contributed by atoms with Crippen LogP contribution in [0.25, 0.3) is 16.7 Å². The fraction of sp³-hybridized carbons (Fsp3) is 0.567. The van der Waals surface area contributed by atoms with Crippen LogP contribution < -0.4 is 15.4 Å². The molecule has 11 heteroatoms. The first-order valence-electron chi connectivity index (χ1n) is 14.8. The Kier molecular flexibility index (Phi) is 9.44. The third kappa shape index (κ3) is 7.56. The highest BCUT2D eigenvalue weighted by Gasteiger charge is 2.28. The molecule has 222 valence electrons. The minimum Gasteiger partial charge on any atom is -0.493 e. The topological polar surface area (TPSA) is 118 Å². The molecule has 1 aliphatic heterocycles. The van der Waals surface area contributed by atoms with Crippen LogP contribution in [0, 0.1) is 5.92 Å².